The van der Waals surface area contributed by atoms with Crippen LogP contribution in [0, 0.1) is 12.8 Å². The fourth-order valence-corrected chi connectivity index (χ4v) is 7.68. The second kappa shape index (κ2) is 10.7. The van der Waals surface area contributed by atoms with E-state index in [1.165, 1.54) is 5.56 Å². The Kier molecular flexibility index (Phi) is 7.25. The van der Waals surface area contributed by atoms with Gasteiger partial charge in [0.15, 0.2) is 0 Å². The number of hydrogen-bond acceptors (Lipinski definition) is 7. The molecule has 2 N–H and O–H groups in total. The molecule has 0 saturated carbocycles. The van der Waals surface area contributed by atoms with Crippen LogP contribution in [-0.4, -0.2) is 62.2 Å². The lowest BCUT2D eigenvalue weighted by atomic mass is 9.88. The Bertz CT molecular complexity index is 1530. The van der Waals surface area contributed by atoms with E-state index >= 15 is 0 Å². The summed E-state index contributed by atoms with van der Waals surface area (Å²) in [5.41, 5.74) is 7.28. The van der Waals surface area contributed by atoms with E-state index in [-0.39, 0.29) is 0 Å². The number of sulfonamides is 1. The molecule has 0 radical (unpaired) electrons. The second-order valence-electron chi connectivity index (χ2n) is 11.5. The van der Waals surface area contributed by atoms with E-state index in [2.05, 4.69) is 46.5 Å². The van der Waals surface area contributed by atoms with Gasteiger partial charge in [0.25, 0.3) is 0 Å². The second-order valence-corrected chi connectivity index (χ2v) is 13.5. The highest BCUT2D eigenvalue weighted by Crippen LogP contribution is 2.43. The normalized spacial score (nSPS) is 21.6. The number of aromatic nitrogens is 1. The van der Waals surface area contributed by atoms with Crippen molar-refractivity contribution < 1.29 is 8.42 Å². The predicted molar refractivity (Wildman–Crippen MR) is 160 cm³/mol. The predicted octanol–water partition coefficient (Wildman–Crippen LogP) is 4.36. The lowest BCUT2D eigenvalue weighted by Gasteiger charge is -2.44. The minimum Gasteiger partial charge on any atom is -0.346 e. The first-order valence-corrected chi connectivity index (χ1v) is 15.6. The summed E-state index contributed by atoms with van der Waals surface area (Å²) in [6.07, 6.45) is 8.30. The van der Waals surface area contributed by atoms with Gasteiger partial charge in [-0.25, -0.2) is 17.7 Å². The molecular formula is C31H38N6O2S. The third-order valence-corrected chi connectivity index (χ3v) is 10.7. The molecule has 1 unspecified atom stereocenters. The topological polar surface area (TPSA) is 89.9 Å². The van der Waals surface area contributed by atoms with E-state index < -0.39 is 15.7 Å². The first-order chi connectivity index (χ1) is 19.3. The van der Waals surface area contributed by atoms with Gasteiger partial charge < -0.3 is 10.6 Å². The minimum absolute atomic E-state index is 0.375. The average Bonchev–Trinajstić information content (AvgIpc) is 2.98. The van der Waals surface area contributed by atoms with Crippen LogP contribution in [0.15, 0.2) is 64.7 Å². The summed E-state index contributed by atoms with van der Waals surface area (Å²) in [7, 11) is -1.85. The van der Waals surface area contributed by atoms with E-state index in [9.17, 15) is 8.42 Å². The molecule has 0 aliphatic carbocycles. The maximum Gasteiger partial charge on any atom is 0.242 e. The van der Waals surface area contributed by atoms with Crippen molar-refractivity contribution in [3.63, 3.8) is 0 Å². The molecule has 0 amide bonds. The molecule has 2 aromatic carbocycles. The van der Waals surface area contributed by atoms with Crippen molar-refractivity contribution in [1.29, 1.82) is 0 Å². The van der Waals surface area contributed by atoms with Gasteiger partial charge in [-0.2, -0.15) is 0 Å². The minimum atomic E-state index is -3.57. The molecule has 3 aromatic rings. The monoisotopic (exact) mass is 558 g/mol. The summed E-state index contributed by atoms with van der Waals surface area (Å²) in [6, 6.07) is 14.2. The summed E-state index contributed by atoms with van der Waals surface area (Å²) in [5, 5.41) is 6.74. The van der Waals surface area contributed by atoms with Crippen LogP contribution < -0.4 is 10.6 Å². The Balaban J connectivity index is 1.29. The number of fused-ring (bicyclic) bond motifs is 2. The first kappa shape index (κ1) is 27.1. The van der Waals surface area contributed by atoms with Crippen molar-refractivity contribution in [3.05, 3.63) is 77.1 Å². The zero-order chi connectivity index (χ0) is 27.9. The number of anilines is 1. The number of rotatable bonds is 6. The molecule has 0 bridgehead atoms. The number of aliphatic imine (C=N–C) groups is 1. The maximum absolute atomic E-state index is 13.6. The third-order valence-electron chi connectivity index (χ3n) is 8.87. The van der Waals surface area contributed by atoms with Gasteiger partial charge in [-0.15, -0.1) is 0 Å². The lowest BCUT2D eigenvalue weighted by molar-refractivity contribution is 0.0943. The zero-order valence-electron chi connectivity index (χ0n) is 23.5. The quantitative estimate of drug-likeness (QED) is 0.467. The number of aryl methyl sites for hydroxylation is 1. The third kappa shape index (κ3) is 4.96. The summed E-state index contributed by atoms with van der Waals surface area (Å²) in [6.45, 7) is 8.22. The molecule has 1 saturated heterocycles. The molecule has 9 heteroatoms. The van der Waals surface area contributed by atoms with Crippen molar-refractivity contribution >= 4 is 22.0 Å². The van der Waals surface area contributed by atoms with Gasteiger partial charge in [-0.1, -0.05) is 6.07 Å². The van der Waals surface area contributed by atoms with Crippen molar-refractivity contribution in [3.8, 4) is 11.1 Å². The number of nitrogens with zero attached hydrogens (tertiary/aromatic N) is 4. The van der Waals surface area contributed by atoms with Gasteiger partial charge in [0, 0.05) is 50.3 Å². The van der Waals surface area contributed by atoms with Crippen LogP contribution in [0.1, 0.15) is 42.0 Å². The van der Waals surface area contributed by atoms with Gasteiger partial charge in [0.05, 0.1) is 11.2 Å². The molecule has 1 atom stereocenters. The van der Waals surface area contributed by atoms with Crippen LogP contribution in [-0.2, 0) is 28.7 Å². The molecule has 4 heterocycles. The van der Waals surface area contributed by atoms with Crippen LogP contribution in [0.25, 0.3) is 11.1 Å². The van der Waals surface area contributed by atoms with Gasteiger partial charge in [-0.05, 0) is 116 Å². The van der Waals surface area contributed by atoms with Gasteiger partial charge in [-0.3, -0.25) is 9.88 Å². The molecule has 210 valence electrons. The standard InChI is InChI=1S/C31H38N6O2S/c1-22-16-26(25-8-13-33-14-9-25)18-29-30(22)34-21-35-31(29,2)37-15-10-24-4-5-28(17-27(24)20-37)40(38,39)36(3)19-23-6-11-32-12-7-23/h4-5,8-9,13-14,16-18,21,23,32H,6-7,10-12,15,19-20H2,1-3H3,(H,34,35). The van der Waals surface area contributed by atoms with Crippen molar-refractivity contribution in [2.75, 3.05) is 38.5 Å². The van der Waals surface area contributed by atoms with E-state index in [0.717, 1.165) is 72.4 Å². The number of pyridine rings is 1. The van der Waals surface area contributed by atoms with Crippen LogP contribution >= 0.6 is 0 Å². The van der Waals surface area contributed by atoms with Gasteiger partial charge in [0.1, 0.15) is 5.66 Å². The van der Waals surface area contributed by atoms with Gasteiger partial charge >= 0.3 is 0 Å². The van der Waals surface area contributed by atoms with Crippen molar-refractivity contribution in [1.82, 2.24) is 19.5 Å². The fourth-order valence-electron chi connectivity index (χ4n) is 6.38. The fraction of sp³-hybridized carbons (Fsp3) is 0.419. The number of hydrogen-bond donors (Lipinski definition) is 2. The number of piperidine rings is 1. The molecule has 1 aromatic heterocycles. The Hall–Kier alpha value is -3.11. The molecule has 3 aliphatic heterocycles. The summed E-state index contributed by atoms with van der Waals surface area (Å²) in [4.78, 5) is 11.9. The highest BCUT2D eigenvalue weighted by atomic mass is 32.2. The Labute approximate surface area is 237 Å². The number of benzene rings is 2. The SMILES string of the molecule is Cc1cc(-c2ccncc2)cc2c1NC=NC2(C)N1CCc2ccc(S(=O)(=O)N(C)CC3CCNCC3)cc2C1. The Morgan fingerprint density at radius 3 is 2.60 bits per heavy atom. The molecular weight excluding hydrogens is 520 g/mol. The largest absolute Gasteiger partial charge is 0.346 e. The van der Waals surface area contributed by atoms with Crippen LogP contribution in [0.5, 0.6) is 0 Å². The molecule has 0 spiro atoms. The van der Waals surface area contributed by atoms with E-state index in [0.29, 0.717) is 23.9 Å². The molecule has 1 fully saturated rings. The Morgan fingerprint density at radius 2 is 1.82 bits per heavy atom. The van der Waals surface area contributed by atoms with Crippen LogP contribution in [0.3, 0.4) is 0 Å². The average molecular weight is 559 g/mol. The molecule has 3 aliphatic rings. The first-order valence-electron chi connectivity index (χ1n) is 14.2. The van der Waals surface area contributed by atoms with Crippen LogP contribution in [0.4, 0.5) is 5.69 Å². The van der Waals surface area contributed by atoms with Crippen molar-refractivity contribution in [2.45, 2.75) is 50.2 Å². The van der Waals surface area contributed by atoms with E-state index in [1.807, 2.05) is 36.7 Å². The Morgan fingerprint density at radius 1 is 1.05 bits per heavy atom. The zero-order valence-corrected chi connectivity index (χ0v) is 24.3. The smallest absolute Gasteiger partial charge is 0.242 e. The highest BCUT2D eigenvalue weighted by molar-refractivity contribution is 7.89. The van der Waals surface area contributed by atoms with E-state index in [4.69, 9.17) is 4.99 Å². The summed E-state index contributed by atoms with van der Waals surface area (Å²) in [5.74, 6) is 0.396. The molecule has 40 heavy (non-hydrogen) atoms. The maximum atomic E-state index is 13.6. The number of nitrogens with one attached hydrogen (secondary N) is 2. The highest BCUT2D eigenvalue weighted by Gasteiger charge is 2.39. The van der Waals surface area contributed by atoms with E-state index in [1.54, 1.807) is 23.8 Å². The van der Waals surface area contributed by atoms with Gasteiger partial charge in [0.2, 0.25) is 10.0 Å². The summed E-state index contributed by atoms with van der Waals surface area (Å²) < 4.78 is 28.7. The molecule has 8 nitrogen and oxygen atoms in total. The van der Waals surface area contributed by atoms with Crippen molar-refractivity contribution in [2.24, 2.45) is 10.9 Å². The molecule has 6 rings (SSSR count). The van der Waals surface area contributed by atoms with Crippen LogP contribution in [0.2, 0.25) is 0 Å². The summed E-state index contributed by atoms with van der Waals surface area (Å²) >= 11 is 0. The lowest BCUT2D eigenvalue weighted by Crippen LogP contribution is -2.47.